The summed E-state index contributed by atoms with van der Waals surface area (Å²) in [5.41, 5.74) is 10.0. The first-order valence-electron chi connectivity index (χ1n) is 18.1. The summed E-state index contributed by atoms with van der Waals surface area (Å²) < 4.78 is 0. The van der Waals surface area contributed by atoms with Gasteiger partial charge in [-0.15, -0.1) is 5.53 Å². The molecule has 276 valence electrons. The fraction of sp³-hybridized carbons (Fsp3) is 0.568. The van der Waals surface area contributed by atoms with Crippen molar-refractivity contribution in [1.82, 2.24) is 31.5 Å². The Morgan fingerprint density at radius 2 is 1.76 bits per heavy atom. The average Bonchev–Trinajstić information content (AvgIpc) is 3.80. The number of carbonyl (C=O) groups is 4. The van der Waals surface area contributed by atoms with Gasteiger partial charge in [0.2, 0.25) is 17.7 Å². The summed E-state index contributed by atoms with van der Waals surface area (Å²) in [6, 6.07) is 10.9. The summed E-state index contributed by atoms with van der Waals surface area (Å²) in [6.45, 7) is 3.43. The van der Waals surface area contributed by atoms with Gasteiger partial charge in [0.1, 0.15) is 17.7 Å². The summed E-state index contributed by atoms with van der Waals surface area (Å²) in [5, 5.41) is 31.6. The van der Waals surface area contributed by atoms with Crippen molar-refractivity contribution in [3.63, 3.8) is 0 Å². The number of benzene rings is 2. The van der Waals surface area contributed by atoms with Crippen molar-refractivity contribution in [2.75, 3.05) is 18.1 Å². The molecule has 3 heterocycles. The molecule has 1 aliphatic carbocycles. The summed E-state index contributed by atoms with van der Waals surface area (Å²) in [6.07, 6.45) is 6.52. The number of nitrogens with zero attached hydrogens (tertiary/aromatic N) is 2. The molecule has 8 N–H and O–H groups in total. The lowest BCUT2D eigenvalue weighted by Crippen LogP contribution is -2.65. The van der Waals surface area contributed by atoms with Gasteiger partial charge >= 0.3 is 0 Å². The van der Waals surface area contributed by atoms with Crippen molar-refractivity contribution in [2.24, 2.45) is 11.7 Å². The van der Waals surface area contributed by atoms with Crippen LogP contribution in [0.2, 0.25) is 0 Å². The van der Waals surface area contributed by atoms with Gasteiger partial charge in [0.25, 0.3) is 5.91 Å². The lowest BCUT2D eigenvalue weighted by Gasteiger charge is -2.41. The number of carbonyl (C=O) groups excluding carboxylic acids is 4. The Morgan fingerprint density at radius 1 is 1.06 bits per heavy atom. The van der Waals surface area contributed by atoms with Crippen molar-refractivity contribution in [2.45, 2.75) is 107 Å². The first-order chi connectivity index (χ1) is 24.4. The molecule has 2 aromatic rings. The van der Waals surface area contributed by atoms with Crippen LogP contribution in [0, 0.1) is 5.92 Å². The van der Waals surface area contributed by atoms with E-state index in [2.05, 4.69) is 21.6 Å². The Labute approximate surface area is 303 Å². The summed E-state index contributed by atoms with van der Waals surface area (Å²) in [4.78, 5) is 56.9. The number of hydrazine groups is 2. The third kappa shape index (κ3) is 8.14. The van der Waals surface area contributed by atoms with E-state index in [9.17, 15) is 29.4 Å². The van der Waals surface area contributed by atoms with Crippen molar-refractivity contribution in [3.8, 4) is 0 Å². The van der Waals surface area contributed by atoms with E-state index in [4.69, 9.17) is 5.73 Å². The second kappa shape index (κ2) is 15.4. The van der Waals surface area contributed by atoms with E-state index in [0.29, 0.717) is 42.0 Å². The van der Waals surface area contributed by atoms with E-state index in [1.807, 2.05) is 36.4 Å². The summed E-state index contributed by atoms with van der Waals surface area (Å²) in [7, 11) is 0. The number of likely N-dealkylation sites (tertiary alicyclic amines) is 1. The highest BCUT2D eigenvalue weighted by Crippen LogP contribution is 2.35. The fourth-order valence-electron chi connectivity index (χ4n) is 8.11. The van der Waals surface area contributed by atoms with Crippen LogP contribution in [0.4, 0.5) is 0 Å². The van der Waals surface area contributed by atoms with Gasteiger partial charge in [-0.2, -0.15) is 11.8 Å². The minimum Gasteiger partial charge on any atom is -0.384 e. The van der Waals surface area contributed by atoms with Crippen LogP contribution < -0.4 is 27.3 Å². The smallest absolute Gasteiger partial charge is 0.251 e. The Bertz CT molecular complexity index is 1650. The number of thioether (sulfide) groups is 1. The second-order valence-corrected chi connectivity index (χ2v) is 16.2. The number of aliphatic hydroxyl groups is 2. The normalized spacial score (nSPS) is 23.6. The van der Waals surface area contributed by atoms with Crippen LogP contribution in [0.1, 0.15) is 82.0 Å². The number of amides is 4. The zero-order valence-electron chi connectivity index (χ0n) is 29.4. The molecule has 14 heteroatoms. The minimum atomic E-state index is -1.60. The van der Waals surface area contributed by atoms with E-state index < -0.39 is 47.2 Å². The number of aliphatic hydroxyl groups excluding tert-OH is 1. The van der Waals surface area contributed by atoms with Gasteiger partial charge in [-0.1, -0.05) is 62.4 Å². The first kappa shape index (κ1) is 36.9. The highest BCUT2D eigenvalue weighted by Gasteiger charge is 2.50. The predicted octanol–water partition coefficient (Wildman–Crippen LogP) is 2.04. The molecule has 6 rings (SSSR count). The van der Waals surface area contributed by atoms with Crippen LogP contribution in [0.3, 0.4) is 0 Å². The highest BCUT2D eigenvalue weighted by molar-refractivity contribution is 7.99. The second-order valence-electron chi connectivity index (χ2n) is 15.0. The average molecular weight is 722 g/mol. The first-order valence-corrected chi connectivity index (χ1v) is 19.2. The molecule has 0 aromatic heterocycles. The third-order valence-electron chi connectivity index (χ3n) is 11.0. The lowest BCUT2D eigenvalue weighted by molar-refractivity contribution is -0.143. The minimum absolute atomic E-state index is 0.118. The Morgan fingerprint density at radius 3 is 2.45 bits per heavy atom. The number of rotatable bonds is 11. The molecule has 0 spiro atoms. The zero-order valence-corrected chi connectivity index (χ0v) is 30.2. The van der Waals surface area contributed by atoms with Gasteiger partial charge in [0.05, 0.1) is 17.3 Å². The molecule has 4 amide bonds. The van der Waals surface area contributed by atoms with Gasteiger partial charge in [0, 0.05) is 24.7 Å². The molecular weight excluding hydrogens is 671 g/mol. The molecule has 0 radical (unpaired) electrons. The third-order valence-corrected chi connectivity index (χ3v) is 12.0. The summed E-state index contributed by atoms with van der Waals surface area (Å²) in [5.74, 6) is -0.693. The molecule has 51 heavy (non-hydrogen) atoms. The Balaban J connectivity index is 1.31. The van der Waals surface area contributed by atoms with Crippen LogP contribution in [0.25, 0.3) is 10.8 Å². The monoisotopic (exact) mass is 721 g/mol. The van der Waals surface area contributed by atoms with Crippen molar-refractivity contribution in [1.29, 1.82) is 0 Å². The molecule has 2 aromatic carbocycles. The molecule has 1 saturated carbocycles. The number of hydrogen-bond acceptors (Lipinski definition) is 10. The molecule has 0 bridgehead atoms. The van der Waals surface area contributed by atoms with Gasteiger partial charge in [-0.05, 0) is 73.4 Å². The maximum atomic E-state index is 14.9. The van der Waals surface area contributed by atoms with Crippen molar-refractivity contribution >= 4 is 46.2 Å². The quantitative estimate of drug-likeness (QED) is 0.181. The fourth-order valence-corrected chi connectivity index (χ4v) is 9.33. The number of fused-ring (bicyclic) bond motifs is 1. The van der Waals surface area contributed by atoms with Gasteiger partial charge in [0.15, 0.2) is 6.10 Å². The largest absolute Gasteiger partial charge is 0.384 e. The molecule has 3 fully saturated rings. The molecule has 4 atom stereocenters. The maximum absolute atomic E-state index is 14.9. The van der Waals surface area contributed by atoms with Crippen LogP contribution in [0.15, 0.2) is 54.4 Å². The maximum Gasteiger partial charge on any atom is 0.251 e. The van der Waals surface area contributed by atoms with Crippen molar-refractivity contribution < 1.29 is 29.4 Å². The van der Waals surface area contributed by atoms with Crippen LogP contribution in [-0.4, -0.2) is 97.2 Å². The van der Waals surface area contributed by atoms with Gasteiger partial charge in [-0.3, -0.25) is 24.2 Å². The van der Waals surface area contributed by atoms with Gasteiger partial charge in [-0.25, -0.2) is 0 Å². The molecule has 13 nitrogen and oxygen atoms in total. The van der Waals surface area contributed by atoms with Crippen LogP contribution in [-0.2, 0) is 14.4 Å². The lowest BCUT2D eigenvalue weighted by atomic mass is 9.84. The number of nitrogens with two attached hydrogens (primary N) is 1. The molecule has 3 aliphatic heterocycles. The van der Waals surface area contributed by atoms with E-state index in [0.717, 1.165) is 42.9 Å². The van der Waals surface area contributed by atoms with E-state index >= 15 is 0 Å². The summed E-state index contributed by atoms with van der Waals surface area (Å²) >= 11 is 1.66. The molecule has 2 saturated heterocycles. The Kier molecular flexibility index (Phi) is 11.2. The Hall–Kier alpha value is -3.85. The van der Waals surface area contributed by atoms with Gasteiger partial charge < -0.3 is 36.9 Å². The molecule has 1 unspecified atom stereocenters. The van der Waals surface area contributed by atoms with Crippen LogP contribution in [0.5, 0.6) is 0 Å². The predicted molar refractivity (Wildman–Crippen MR) is 195 cm³/mol. The van der Waals surface area contributed by atoms with E-state index in [1.54, 1.807) is 42.9 Å². The zero-order chi connectivity index (χ0) is 36.3. The SMILES string of the molecule is CC(C)(O)C1=CNNN1[C@H]1C[C@@H](C(=O)NC2(C(O)C(N)=O)CCSCC2)N(C(=O)[C@@H](CC2CCCCC2)NC(=O)c2ccc3ccccc3c2)C1. The van der Waals surface area contributed by atoms with E-state index in [-0.39, 0.29) is 30.7 Å². The standard InChI is InChI=1S/C37H51N7O6S/c1-36(2,50)30-21-39-42-44(30)27-20-29(34(48)41-37(31(45)32(38)46)14-16-51-17-15-37)43(22-27)35(49)28(18-23-8-4-3-5-9-23)40-33(47)26-13-12-24-10-6-7-11-25(24)19-26/h6-7,10-13,19,21,23,27-29,31,39,42,45,50H,3-5,8-9,14-18,20,22H2,1-2H3,(H2,38,46)(H,40,47)(H,41,48)/t27-,28+,29-,31?/m0/s1. The number of primary amides is 1. The van der Waals surface area contributed by atoms with Crippen LogP contribution >= 0.6 is 11.8 Å². The molecular formula is C37H51N7O6S. The topological polar surface area (TPSA) is 189 Å². The highest BCUT2D eigenvalue weighted by atomic mass is 32.2. The number of nitrogens with one attached hydrogen (secondary N) is 4. The molecule has 4 aliphatic rings. The van der Waals surface area contributed by atoms with Crippen molar-refractivity contribution in [3.05, 3.63) is 59.9 Å². The van der Waals surface area contributed by atoms with E-state index in [1.165, 1.54) is 4.90 Å². The number of hydrogen-bond donors (Lipinski definition) is 7.